The number of hydrogen-bond donors (Lipinski definition) is 1. The third kappa shape index (κ3) is 4.10. The minimum Gasteiger partial charge on any atom is -0.497 e. The lowest BCUT2D eigenvalue weighted by Gasteiger charge is -2.36. The molecule has 1 aliphatic heterocycles. The Bertz CT molecular complexity index is 378. The first kappa shape index (κ1) is 16.3. The van der Waals surface area contributed by atoms with E-state index in [9.17, 15) is 0 Å². The highest BCUT2D eigenvalue weighted by Gasteiger charge is 2.22. The van der Waals surface area contributed by atoms with E-state index in [1.807, 2.05) is 6.07 Å². The molecule has 1 aromatic carbocycles. The monoisotopic (exact) mass is 284 g/mol. The maximum atomic E-state index is 5.74. The summed E-state index contributed by atoms with van der Waals surface area (Å²) in [5.74, 6) is 1.66. The zero-order chi connectivity index (χ0) is 13.0. The molecule has 19 heavy (non-hydrogen) atoms. The van der Waals surface area contributed by atoms with Crippen molar-refractivity contribution in [3.63, 3.8) is 0 Å². The van der Waals surface area contributed by atoms with E-state index in [1.165, 1.54) is 18.4 Å². The molecule has 2 N–H and O–H groups in total. The molecule has 0 spiro atoms. The van der Waals surface area contributed by atoms with E-state index < -0.39 is 0 Å². The lowest BCUT2D eigenvalue weighted by atomic mass is 9.95. The summed E-state index contributed by atoms with van der Waals surface area (Å²) in [6.07, 6.45) is 2.45. The van der Waals surface area contributed by atoms with Crippen LogP contribution in [0.2, 0.25) is 0 Å². The molecule has 0 radical (unpaired) electrons. The minimum absolute atomic E-state index is 0. The number of ether oxygens (including phenoxy) is 1. The molecular formula is C15H25ClN2O. The van der Waals surface area contributed by atoms with Gasteiger partial charge in [-0.25, -0.2) is 0 Å². The average molecular weight is 285 g/mol. The van der Waals surface area contributed by atoms with E-state index in [-0.39, 0.29) is 12.4 Å². The van der Waals surface area contributed by atoms with Crippen molar-refractivity contribution in [1.82, 2.24) is 4.90 Å². The zero-order valence-corrected chi connectivity index (χ0v) is 12.7. The normalized spacial score (nSPS) is 18.7. The van der Waals surface area contributed by atoms with E-state index in [4.69, 9.17) is 10.5 Å². The molecule has 1 saturated heterocycles. The van der Waals surface area contributed by atoms with E-state index in [2.05, 4.69) is 30.0 Å². The molecule has 2 rings (SSSR count). The number of halogens is 1. The van der Waals surface area contributed by atoms with Gasteiger partial charge in [-0.05, 0) is 63.0 Å². The molecule has 1 atom stereocenters. The Balaban J connectivity index is 0.00000180. The number of methoxy groups -OCH3 is 1. The summed E-state index contributed by atoms with van der Waals surface area (Å²) in [4.78, 5) is 2.54. The van der Waals surface area contributed by atoms with E-state index in [0.717, 1.165) is 31.3 Å². The van der Waals surface area contributed by atoms with Crippen LogP contribution in [-0.2, 0) is 0 Å². The fourth-order valence-corrected chi connectivity index (χ4v) is 2.69. The fraction of sp³-hybridized carbons (Fsp3) is 0.600. The molecule has 0 saturated carbocycles. The van der Waals surface area contributed by atoms with Gasteiger partial charge < -0.3 is 10.5 Å². The molecule has 0 aliphatic carbocycles. The van der Waals surface area contributed by atoms with E-state index >= 15 is 0 Å². The highest BCUT2D eigenvalue weighted by molar-refractivity contribution is 5.85. The summed E-state index contributed by atoms with van der Waals surface area (Å²) in [6.45, 7) is 5.42. The molecule has 108 valence electrons. The van der Waals surface area contributed by atoms with Gasteiger partial charge in [-0.3, -0.25) is 4.90 Å². The second-order valence-electron chi connectivity index (χ2n) is 5.17. The second kappa shape index (κ2) is 7.73. The molecule has 1 unspecified atom stereocenters. The quantitative estimate of drug-likeness (QED) is 0.924. The second-order valence-corrected chi connectivity index (χ2v) is 5.17. The number of benzene rings is 1. The molecule has 1 fully saturated rings. The Labute approximate surface area is 122 Å². The van der Waals surface area contributed by atoms with Gasteiger partial charge in [-0.2, -0.15) is 0 Å². The number of nitrogens with two attached hydrogens (primary N) is 1. The lowest BCUT2D eigenvalue weighted by Crippen LogP contribution is -2.37. The first-order chi connectivity index (χ1) is 8.74. The van der Waals surface area contributed by atoms with Crippen LogP contribution in [0, 0.1) is 5.92 Å². The summed E-state index contributed by atoms with van der Waals surface area (Å²) in [5, 5.41) is 0. The predicted molar refractivity (Wildman–Crippen MR) is 82.0 cm³/mol. The van der Waals surface area contributed by atoms with Gasteiger partial charge in [0.25, 0.3) is 0 Å². The molecular weight excluding hydrogens is 260 g/mol. The number of rotatable bonds is 4. The van der Waals surface area contributed by atoms with Crippen LogP contribution in [0.25, 0.3) is 0 Å². The van der Waals surface area contributed by atoms with E-state index in [1.54, 1.807) is 7.11 Å². The largest absolute Gasteiger partial charge is 0.497 e. The van der Waals surface area contributed by atoms with Crippen LogP contribution in [0.15, 0.2) is 24.3 Å². The fourth-order valence-electron chi connectivity index (χ4n) is 2.69. The zero-order valence-electron chi connectivity index (χ0n) is 11.8. The predicted octanol–water partition coefficient (Wildman–Crippen LogP) is 2.85. The molecule has 1 aliphatic rings. The van der Waals surface area contributed by atoms with Gasteiger partial charge in [0.15, 0.2) is 0 Å². The number of piperidine rings is 1. The summed E-state index contributed by atoms with van der Waals surface area (Å²) in [7, 11) is 1.72. The maximum Gasteiger partial charge on any atom is 0.119 e. The van der Waals surface area contributed by atoms with Gasteiger partial charge in [0.1, 0.15) is 5.75 Å². The summed E-state index contributed by atoms with van der Waals surface area (Å²) >= 11 is 0. The Morgan fingerprint density at radius 3 is 2.63 bits per heavy atom. The first-order valence-electron chi connectivity index (χ1n) is 6.82. The maximum absolute atomic E-state index is 5.74. The highest BCUT2D eigenvalue weighted by Crippen LogP contribution is 2.27. The van der Waals surface area contributed by atoms with Crippen LogP contribution in [0.1, 0.15) is 31.4 Å². The van der Waals surface area contributed by atoms with Crippen LogP contribution in [-0.4, -0.2) is 31.6 Å². The van der Waals surface area contributed by atoms with Crippen molar-refractivity contribution >= 4 is 12.4 Å². The van der Waals surface area contributed by atoms with Gasteiger partial charge in [-0.15, -0.1) is 12.4 Å². The van der Waals surface area contributed by atoms with Gasteiger partial charge in [-0.1, -0.05) is 12.1 Å². The summed E-state index contributed by atoms with van der Waals surface area (Å²) in [5.41, 5.74) is 7.07. The van der Waals surface area contributed by atoms with Gasteiger partial charge in [0.05, 0.1) is 7.11 Å². The number of nitrogens with zero attached hydrogens (tertiary/aromatic N) is 1. The Morgan fingerprint density at radius 1 is 1.37 bits per heavy atom. The van der Waals surface area contributed by atoms with Crippen molar-refractivity contribution in [2.75, 3.05) is 26.7 Å². The molecule has 4 heteroatoms. The topological polar surface area (TPSA) is 38.5 Å². The molecule has 1 aromatic rings. The molecule has 3 nitrogen and oxygen atoms in total. The van der Waals surface area contributed by atoms with Gasteiger partial charge >= 0.3 is 0 Å². The summed E-state index contributed by atoms with van der Waals surface area (Å²) in [6, 6.07) is 8.84. The molecule has 0 amide bonds. The average Bonchev–Trinajstić information content (AvgIpc) is 2.46. The van der Waals surface area contributed by atoms with Crippen LogP contribution < -0.4 is 10.5 Å². The highest BCUT2D eigenvalue weighted by atomic mass is 35.5. The van der Waals surface area contributed by atoms with Crippen molar-refractivity contribution in [2.24, 2.45) is 11.7 Å². The summed E-state index contributed by atoms with van der Waals surface area (Å²) < 4.78 is 5.29. The third-order valence-corrected chi connectivity index (χ3v) is 4.11. The first-order valence-corrected chi connectivity index (χ1v) is 6.82. The van der Waals surface area contributed by atoms with Crippen molar-refractivity contribution in [1.29, 1.82) is 0 Å². The standard InChI is InChI=1S/C15H24N2O.ClH/c1-12(14-4-3-5-15(10-14)18-2)17-8-6-13(11-16)7-9-17;/h3-5,10,12-13H,6-9,11,16H2,1-2H3;1H. The molecule has 1 heterocycles. The Hall–Kier alpha value is -0.770. The van der Waals surface area contributed by atoms with Gasteiger partial charge in [0.2, 0.25) is 0 Å². The van der Waals surface area contributed by atoms with Gasteiger partial charge in [0, 0.05) is 6.04 Å². The van der Waals surface area contributed by atoms with Crippen LogP contribution in [0.5, 0.6) is 5.75 Å². The number of hydrogen-bond acceptors (Lipinski definition) is 3. The lowest BCUT2D eigenvalue weighted by molar-refractivity contribution is 0.143. The van der Waals surface area contributed by atoms with Crippen molar-refractivity contribution in [3.05, 3.63) is 29.8 Å². The Morgan fingerprint density at radius 2 is 2.05 bits per heavy atom. The van der Waals surface area contributed by atoms with Crippen LogP contribution >= 0.6 is 12.4 Å². The van der Waals surface area contributed by atoms with E-state index in [0.29, 0.717) is 6.04 Å². The molecule has 0 aromatic heterocycles. The SMILES string of the molecule is COc1cccc(C(C)N2CCC(CN)CC2)c1.Cl. The van der Waals surface area contributed by atoms with Crippen molar-refractivity contribution in [3.8, 4) is 5.75 Å². The van der Waals surface area contributed by atoms with Crippen LogP contribution in [0.3, 0.4) is 0 Å². The molecule has 0 bridgehead atoms. The smallest absolute Gasteiger partial charge is 0.119 e. The van der Waals surface area contributed by atoms with Crippen molar-refractivity contribution < 1.29 is 4.74 Å². The van der Waals surface area contributed by atoms with Crippen LogP contribution in [0.4, 0.5) is 0 Å². The van der Waals surface area contributed by atoms with Crippen molar-refractivity contribution in [2.45, 2.75) is 25.8 Å². The Kier molecular flexibility index (Phi) is 6.63. The minimum atomic E-state index is 0. The third-order valence-electron chi connectivity index (χ3n) is 4.11. The number of likely N-dealkylation sites (tertiary alicyclic amines) is 1.